The molecule has 0 spiro atoms. The number of aromatic nitrogens is 2. The van der Waals surface area contributed by atoms with Gasteiger partial charge in [-0.05, 0) is 30.5 Å². The second-order valence-electron chi connectivity index (χ2n) is 5.17. The number of para-hydroxylation sites is 1. The van der Waals surface area contributed by atoms with Crippen molar-refractivity contribution in [3.05, 3.63) is 74.9 Å². The van der Waals surface area contributed by atoms with Gasteiger partial charge in [0.2, 0.25) is 0 Å². The molecule has 0 fully saturated rings. The molecule has 5 nitrogen and oxygen atoms in total. The van der Waals surface area contributed by atoms with Gasteiger partial charge in [-0.2, -0.15) is 0 Å². The molecule has 0 bridgehead atoms. The molecule has 2 aromatic carbocycles. The van der Waals surface area contributed by atoms with Crippen molar-refractivity contribution in [3.8, 4) is 5.75 Å². The molecule has 0 saturated heterocycles. The Morgan fingerprint density at radius 3 is 2.55 bits per heavy atom. The number of phenolic OH excluding ortho intramolecular Hbond substituents is 1. The lowest BCUT2D eigenvalue weighted by molar-refractivity contribution is 0.475. The summed E-state index contributed by atoms with van der Waals surface area (Å²) in [5.41, 5.74) is 0.514. The Balaban J connectivity index is 1.94. The Bertz CT molecular complexity index is 911. The van der Waals surface area contributed by atoms with Crippen molar-refractivity contribution >= 4 is 10.9 Å². The van der Waals surface area contributed by atoms with E-state index in [-0.39, 0.29) is 5.75 Å². The number of nitrogens with zero attached hydrogens (tertiary/aromatic N) is 1. The highest BCUT2D eigenvalue weighted by molar-refractivity contribution is 5.83. The second kappa shape index (κ2) is 5.89. The minimum Gasteiger partial charge on any atom is -0.506 e. The lowest BCUT2D eigenvalue weighted by Gasteiger charge is -2.10. The zero-order chi connectivity index (χ0) is 15.5. The first-order chi connectivity index (χ1) is 10.7. The number of H-pyrrole nitrogens is 1. The summed E-state index contributed by atoms with van der Waals surface area (Å²) in [5, 5.41) is 10.3. The van der Waals surface area contributed by atoms with Gasteiger partial charge in [0.25, 0.3) is 5.56 Å². The topological polar surface area (TPSA) is 75.1 Å². The monoisotopic (exact) mass is 296 g/mol. The van der Waals surface area contributed by atoms with Gasteiger partial charge in [0.15, 0.2) is 0 Å². The van der Waals surface area contributed by atoms with Crippen molar-refractivity contribution in [1.29, 1.82) is 0 Å². The van der Waals surface area contributed by atoms with Gasteiger partial charge in [-0.3, -0.25) is 14.3 Å². The van der Waals surface area contributed by atoms with Crippen molar-refractivity contribution in [3.63, 3.8) is 0 Å². The number of hydrogen-bond acceptors (Lipinski definition) is 3. The number of rotatable bonds is 4. The van der Waals surface area contributed by atoms with Crippen LogP contribution < -0.4 is 11.2 Å². The molecular formula is C17H16N2O3. The first-order valence-electron chi connectivity index (χ1n) is 7.15. The van der Waals surface area contributed by atoms with Crippen LogP contribution >= 0.6 is 0 Å². The van der Waals surface area contributed by atoms with Crippen LogP contribution in [0.25, 0.3) is 10.9 Å². The van der Waals surface area contributed by atoms with Crippen LogP contribution in [-0.4, -0.2) is 14.7 Å². The molecule has 0 aliphatic carbocycles. The fraction of sp³-hybridized carbons (Fsp3) is 0.176. The van der Waals surface area contributed by atoms with Crippen LogP contribution in [0.4, 0.5) is 0 Å². The van der Waals surface area contributed by atoms with Gasteiger partial charge in [0.1, 0.15) is 11.3 Å². The smallest absolute Gasteiger partial charge is 0.328 e. The van der Waals surface area contributed by atoms with E-state index >= 15 is 0 Å². The van der Waals surface area contributed by atoms with Gasteiger partial charge in [0, 0.05) is 6.54 Å². The predicted octanol–water partition coefficient (Wildman–Crippen LogP) is 2.03. The summed E-state index contributed by atoms with van der Waals surface area (Å²) < 4.78 is 1.43. The molecule has 0 amide bonds. The zero-order valence-corrected chi connectivity index (χ0v) is 12.0. The Morgan fingerprint density at radius 2 is 1.77 bits per heavy atom. The molecule has 0 radical (unpaired) electrons. The van der Waals surface area contributed by atoms with Gasteiger partial charge < -0.3 is 5.11 Å². The fourth-order valence-electron chi connectivity index (χ4n) is 2.63. The van der Waals surface area contributed by atoms with E-state index in [4.69, 9.17) is 0 Å². The second-order valence-corrected chi connectivity index (χ2v) is 5.17. The quantitative estimate of drug-likeness (QED) is 0.773. The van der Waals surface area contributed by atoms with E-state index in [0.29, 0.717) is 17.4 Å². The lowest BCUT2D eigenvalue weighted by atomic mass is 10.1. The summed E-state index contributed by atoms with van der Waals surface area (Å²) in [6, 6.07) is 14.6. The standard InChI is InChI=1S/C17H16N2O3/c20-14-10-4-9-13-15(14)19(17(22)18-16(13)21)11-5-8-12-6-2-1-3-7-12/h1-4,6-7,9-10,20H,5,8,11H2,(H,18,21,22). The molecule has 0 aliphatic heterocycles. The molecule has 3 aromatic rings. The molecule has 5 heteroatoms. The number of benzene rings is 2. The Morgan fingerprint density at radius 1 is 1.00 bits per heavy atom. The molecule has 3 rings (SSSR count). The van der Waals surface area contributed by atoms with Crippen LogP contribution in [0.15, 0.2) is 58.1 Å². The first-order valence-corrected chi connectivity index (χ1v) is 7.15. The number of aryl methyl sites for hydroxylation is 2. The SMILES string of the molecule is O=c1[nH]c(=O)n(CCCc2ccccc2)c2c(O)cccc12. The summed E-state index contributed by atoms with van der Waals surface area (Å²) in [6.45, 7) is 0.429. The largest absolute Gasteiger partial charge is 0.506 e. The first kappa shape index (κ1) is 14.1. The van der Waals surface area contributed by atoms with E-state index in [1.165, 1.54) is 16.2 Å². The fourth-order valence-corrected chi connectivity index (χ4v) is 2.63. The summed E-state index contributed by atoms with van der Waals surface area (Å²) in [5.74, 6) is -0.0552. The molecule has 0 atom stereocenters. The maximum atomic E-state index is 12.0. The third-order valence-electron chi connectivity index (χ3n) is 3.68. The Labute approximate surface area is 126 Å². The zero-order valence-electron chi connectivity index (χ0n) is 12.0. The molecule has 2 N–H and O–H groups in total. The number of nitrogens with one attached hydrogen (secondary N) is 1. The third-order valence-corrected chi connectivity index (χ3v) is 3.68. The van der Waals surface area contributed by atoms with Crippen molar-refractivity contribution in [2.75, 3.05) is 0 Å². The van der Waals surface area contributed by atoms with Crippen molar-refractivity contribution in [2.24, 2.45) is 0 Å². The molecule has 1 heterocycles. The van der Waals surface area contributed by atoms with Crippen LogP contribution in [0.5, 0.6) is 5.75 Å². The van der Waals surface area contributed by atoms with Crippen LogP contribution in [0, 0.1) is 0 Å². The molecule has 1 aromatic heterocycles. The summed E-state index contributed by atoms with van der Waals surface area (Å²) in [6.07, 6.45) is 1.56. The number of fused-ring (bicyclic) bond motifs is 1. The van der Waals surface area contributed by atoms with Crippen LogP contribution in [-0.2, 0) is 13.0 Å². The number of hydrogen-bond donors (Lipinski definition) is 2. The van der Waals surface area contributed by atoms with Crippen LogP contribution in [0.1, 0.15) is 12.0 Å². The molecule has 0 saturated carbocycles. The maximum Gasteiger partial charge on any atom is 0.328 e. The van der Waals surface area contributed by atoms with E-state index in [0.717, 1.165) is 12.8 Å². The summed E-state index contributed by atoms with van der Waals surface area (Å²) >= 11 is 0. The average molecular weight is 296 g/mol. The summed E-state index contributed by atoms with van der Waals surface area (Å²) in [7, 11) is 0. The van der Waals surface area contributed by atoms with Gasteiger partial charge in [-0.25, -0.2) is 4.79 Å². The number of aromatic amines is 1. The summed E-state index contributed by atoms with van der Waals surface area (Å²) in [4.78, 5) is 26.2. The Hall–Kier alpha value is -2.82. The van der Waals surface area contributed by atoms with E-state index in [9.17, 15) is 14.7 Å². The number of aromatic hydroxyl groups is 1. The van der Waals surface area contributed by atoms with Crippen molar-refractivity contribution < 1.29 is 5.11 Å². The minimum atomic E-state index is -0.493. The van der Waals surface area contributed by atoms with E-state index in [2.05, 4.69) is 4.98 Å². The Kier molecular flexibility index (Phi) is 3.78. The van der Waals surface area contributed by atoms with E-state index in [1.54, 1.807) is 12.1 Å². The van der Waals surface area contributed by atoms with Gasteiger partial charge >= 0.3 is 5.69 Å². The molecule has 0 aliphatic rings. The minimum absolute atomic E-state index is 0.0552. The number of phenols is 1. The lowest BCUT2D eigenvalue weighted by Crippen LogP contribution is -2.30. The van der Waals surface area contributed by atoms with Crippen LogP contribution in [0.3, 0.4) is 0 Å². The molecule has 22 heavy (non-hydrogen) atoms. The highest BCUT2D eigenvalue weighted by Gasteiger charge is 2.10. The van der Waals surface area contributed by atoms with E-state index < -0.39 is 11.2 Å². The van der Waals surface area contributed by atoms with Gasteiger partial charge in [0.05, 0.1) is 5.39 Å². The van der Waals surface area contributed by atoms with Crippen LogP contribution in [0.2, 0.25) is 0 Å². The molecule has 0 unspecified atom stereocenters. The normalized spacial score (nSPS) is 10.9. The van der Waals surface area contributed by atoms with E-state index in [1.807, 2.05) is 30.3 Å². The third kappa shape index (κ3) is 2.65. The van der Waals surface area contributed by atoms with Crippen molar-refractivity contribution in [1.82, 2.24) is 9.55 Å². The highest BCUT2D eigenvalue weighted by Crippen LogP contribution is 2.20. The molecular weight excluding hydrogens is 280 g/mol. The maximum absolute atomic E-state index is 12.0. The van der Waals surface area contributed by atoms with Gasteiger partial charge in [-0.15, -0.1) is 0 Å². The molecule has 112 valence electrons. The average Bonchev–Trinajstić information content (AvgIpc) is 2.52. The van der Waals surface area contributed by atoms with Crippen molar-refractivity contribution in [2.45, 2.75) is 19.4 Å². The predicted molar refractivity (Wildman–Crippen MR) is 85.3 cm³/mol. The highest BCUT2D eigenvalue weighted by atomic mass is 16.3. The van der Waals surface area contributed by atoms with Gasteiger partial charge in [-0.1, -0.05) is 36.4 Å².